The van der Waals surface area contributed by atoms with E-state index in [1.165, 1.54) is 0 Å². The molecule has 2 aliphatic heterocycles. The Morgan fingerprint density at radius 3 is 2.57 bits per heavy atom. The monoisotopic (exact) mass is 508 g/mol. The molecule has 1 amide bonds. The van der Waals surface area contributed by atoms with Gasteiger partial charge in [-0.05, 0) is 88.2 Å². The van der Waals surface area contributed by atoms with Crippen molar-refractivity contribution >= 4 is 23.9 Å². The number of carbonyl (C=O) groups is 2. The fourth-order valence-corrected chi connectivity index (χ4v) is 6.06. The Kier molecular flexibility index (Phi) is 8.49. The molecule has 3 aliphatic rings. The van der Waals surface area contributed by atoms with E-state index in [-0.39, 0.29) is 29.9 Å². The maximum Gasteiger partial charge on any atom is 0.336 e. The zero-order chi connectivity index (χ0) is 26.6. The highest BCUT2D eigenvalue weighted by molar-refractivity contribution is 5.94. The quantitative estimate of drug-likeness (QED) is 0.256. The minimum absolute atomic E-state index is 0.199. The van der Waals surface area contributed by atoms with E-state index in [0.717, 1.165) is 62.8 Å². The maximum atomic E-state index is 13.4. The summed E-state index contributed by atoms with van der Waals surface area (Å²) in [6.07, 6.45) is 9.21. The van der Waals surface area contributed by atoms with Gasteiger partial charge in [0.25, 0.3) is 0 Å². The lowest BCUT2D eigenvalue weighted by Gasteiger charge is -2.39. The fourth-order valence-electron chi connectivity index (χ4n) is 6.06. The molecule has 1 N–H and O–H groups in total. The van der Waals surface area contributed by atoms with E-state index in [2.05, 4.69) is 34.2 Å². The fraction of sp³-hybridized carbons (Fsp3) is 0.679. The van der Waals surface area contributed by atoms with Crippen LogP contribution in [0.4, 0.5) is 5.82 Å². The van der Waals surface area contributed by atoms with Gasteiger partial charge in [0.15, 0.2) is 5.82 Å². The number of ether oxygens (including phenoxy) is 1. The molecule has 2 fully saturated rings. The van der Waals surface area contributed by atoms with Gasteiger partial charge in [0.2, 0.25) is 5.91 Å². The lowest BCUT2D eigenvalue weighted by molar-refractivity contribution is -0.138. The van der Waals surface area contributed by atoms with Gasteiger partial charge in [-0.25, -0.2) is 15.3 Å². The molecule has 0 bridgehead atoms. The molecule has 3 atom stereocenters. The third-order valence-corrected chi connectivity index (χ3v) is 9.07. The number of hydrogen-bond donors (Lipinski definition) is 1. The standard InChI is InChI=1S/C28H40N6O3/c1-5-22(31-29)16-30-25-9-8-23(32-33-25)7-6-18(2)19(3)21-10-12-28(13-11-21)14-15-34(27(28)36)24-17-37-26(35)20(24)4/h8-9,16,18-19,21-22,29H,5-7,10-15,17H2,1-4H3. The summed E-state index contributed by atoms with van der Waals surface area (Å²) < 4.78 is 5.15. The van der Waals surface area contributed by atoms with Crippen molar-refractivity contribution in [3.8, 4) is 0 Å². The Bertz CT molecular complexity index is 1060. The van der Waals surface area contributed by atoms with Crippen LogP contribution in [0.3, 0.4) is 0 Å². The van der Waals surface area contributed by atoms with Gasteiger partial charge in [-0.3, -0.25) is 4.79 Å². The molecule has 200 valence electrons. The van der Waals surface area contributed by atoms with E-state index in [1.54, 1.807) is 13.1 Å². The first-order chi connectivity index (χ1) is 17.8. The highest BCUT2D eigenvalue weighted by Crippen LogP contribution is 2.50. The average Bonchev–Trinajstić information content (AvgIpc) is 3.41. The van der Waals surface area contributed by atoms with Crippen molar-refractivity contribution in [2.45, 2.75) is 85.1 Å². The molecule has 9 nitrogen and oxygen atoms in total. The molecule has 0 radical (unpaired) electrons. The number of aliphatic imine (C=N–C) groups is 1. The Balaban J connectivity index is 1.26. The molecule has 9 heteroatoms. The Labute approximate surface area is 219 Å². The molecule has 1 saturated carbocycles. The first-order valence-electron chi connectivity index (χ1n) is 13.7. The van der Waals surface area contributed by atoms with Crippen LogP contribution in [0.15, 0.2) is 33.5 Å². The summed E-state index contributed by atoms with van der Waals surface area (Å²) in [7, 11) is 0. The molecular formula is C28H40N6O3. The number of carbonyl (C=O) groups excluding carboxylic acids is 2. The summed E-state index contributed by atoms with van der Waals surface area (Å²) in [5.74, 6) is 2.19. The summed E-state index contributed by atoms with van der Waals surface area (Å²) in [5, 5.41) is 12.1. The van der Waals surface area contributed by atoms with Crippen LogP contribution in [-0.2, 0) is 20.7 Å². The lowest BCUT2D eigenvalue weighted by atomic mass is 9.65. The van der Waals surface area contributed by atoms with E-state index in [9.17, 15) is 9.59 Å². The van der Waals surface area contributed by atoms with Gasteiger partial charge in [0.05, 0.1) is 22.4 Å². The van der Waals surface area contributed by atoms with Gasteiger partial charge in [-0.2, -0.15) is 10.2 Å². The molecule has 1 aromatic heterocycles. The van der Waals surface area contributed by atoms with Crippen LogP contribution in [0.25, 0.3) is 0 Å². The van der Waals surface area contributed by atoms with Crippen molar-refractivity contribution in [3.05, 3.63) is 29.1 Å². The number of aryl methyl sites for hydroxylation is 1. The number of aromatic nitrogens is 2. The predicted octanol–water partition coefficient (Wildman–Crippen LogP) is 5.43. The number of hydrogen-bond acceptors (Lipinski definition) is 8. The van der Waals surface area contributed by atoms with Crippen molar-refractivity contribution in [1.82, 2.24) is 15.1 Å². The van der Waals surface area contributed by atoms with E-state index in [1.807, 2.05) is 24.0 Å². The zero-order valence-corrected chi connectivity index (χ0v) is 22.6. The molecule has 3 unspecified atom stereocenters. The van der Waals surface area contributed by atoms with Gasteiger partial charge in [0.1, 0.15) is 12.6 Å². The molecule has 3 heterocycles. The average molecular weight is 509 g/mol. The molecule has 1 saturated heterocycles. The summed E-state index contributed by atoms with van der Waals surface area (Å²) in [5.41, 5.74) is 9.19. The first-order valence-corrected chi connectivity index (χ1v) is 13.7. The van der Waals surface area contributed by atoms with Crippen LogP contribution in [0.5, 0.6) is 0 Å². The van der Waals surface area contributed by atoms with Gasteiger partial charge >= 0.3 is 5.97 Å². The van der Waals surface area contributed by atoms with Crippen LogP contribution in [0.2, 0.25) is 0 Å². The minimum Gasteiger partial charge on any atom is -0.456 e. The highest BCUT2D eigenvalue weighted by atomic mass is 16.5. The molecule has 1 spiro atoms. The van der Waals surface area contributed by atoms with Gasteiger partial charge in [0, 0.05) is 12.8 Å². The number of nitrogens with one attached hydrogen (secondary N) is 1. The van der Waals surface area contributed by atoms with E-state index in [0.29, 0.717) is 35.7 Å². The van der Waals surface area contributed by atoms with E-state index >= 15 is 0 Å². The molecule has 37 heavy (non-hydrogen) atoms. The van der Waals surface area contributed by atoms with Gasteiger partial charge in [-0.1, -0.05) is 20.8 Å². The third-order valence-electron chi connectivity index (χ3n) is 9.07. The molecule has 0 aromatic carbocycles. The molecular weight excluding hydrogens is 468 g/mol. The number of likely N-dealkylation sites (tertiary alicyclic amines) is 1. The van der Waals surface area contributed by atoms with Crippen molar-refractivity contribution in [1.29, 1.82) is 5.53 Å². The third kappa shape index (κ3) is 5.80. The van der Waals surface area contributed by atoms with Crippen molar-refractivity contribution in [2.24, 2.45) is 33.3 Å². The van der Waals surface area contributed by atoms with Crippen molar-refractivity contribution < 1.29 is 14.3 Å². The van der Waals surface area contributed by atoms with Crippen LogP contribution < -0.4 is 0 Å². The highest BCUT2D eigenvalue weighted by Gasteiger charge is 2.50. The number of esters is 1. The lowest BCUT2D eigenvalue weighted by Crippen LogP contribution is -2.39. The Hall–Kier alpha value is -2.97. The largest absolute Gasteiger partial charge is 0.456 e. The second-order valence-corrected chi connectivity index (χ2v) is 11.1. The van der Waals surface area contributed by atoms with Crippen molar-refractivity contribution in [3.63, 3.8) is 0 Å². The molecule has 4 rings (SSSR count). The van der Waals surface area contributed by atoms with E-state index in [4.69, 9.17) is 10.3 Å². The van der Waals surface area contributed by atoms with Gasteiger partial charge in [-0.15, -0.1) is 5.10 Å². The van der Waals surface area contributed by atoms with Crippen LogP contribution in [0, 0.1) is 28.7 Å². The van der Waals surface area contributed by atoms with Crippen LogP contribution >= 0.6 is 0 Å². The number of cyclic esters (lactones) is 1. The first kappa shape index (κ1) is 27.1. The summed E-state index contributed by atoms with van der Waals surface area (Å²) in [4.78, 5) is 31.3. The Morgan fingerprint density at radius 1 is 1.22 bits per heavy atom. The predicted molar refractivity (Wildman–Crippen MR) is 140 cm³/mol. The maximum absolute atomic E-state index is 13.4. The molecule has 1 aliphatic carbocycles. The van der Waals surface area contributed by atoms with Crippen LogP contribution in [-0.4, -0.2) is 52.4 Å². The summed E-state index contributed by atoms with van der Waals surface area (Å²) in [6.45, 7) is 9.33. The SMILES string of the molecule is CCC(C=Nc1ccc(CCC(C)C(C)C2CCC3(CC2)CCN(C2=C(C)C(=O)OC2)C3=O)nn1)N=N. The summed E-state index contributed by atoms with van der Waals surface area (Å²) in [6, 6.07) is 3.65. The Morgan fingerprint density at radius 2 is 1.97 bits per heavy atom. The number of nitrogens with zero attached hydrogens (tertiary/aromatic N) is 5. The minimum atomic E-state index is -0.299. The topological polar surface area (TPSA) is 121 Å². The second-order valence-electron chi connectivity index (χ2n) is 11.1. The number of amides is 1. The normalized spacial score (nSPS) is 26.7. The van der Waals surface area contributed by atoms with Crippen LogP contribution in [0.1, 0.15) is 78.3 Å². The van der Waals surface area contributed by atoms with Crippen molar-refractivity contribution in [2.75, 3.05) is 13.2 Å². The van der Waals surface area contributed by atoms with E-state index < -0.39 is 0 Å². The zero-order valence-electron chi connectivity index (χ0n) is 22.6. The number of rotatable bonds is 10. The van der Waals surface area contributed by atoms with Gasteiger partial charge < -0.3 is 9.64 Å². The molecule has 1 aromatic rings. The smallest absolute Gasteiger partial charge is 0.336 e. The summed E-state index contributed by atoms with van der Waals surface area (Å²) >= 11 is 0. The second kappa shape index (κ2) is 11.6.